The van der Waals surface area contributed by atoms with Crippen LogP contribution in [0, 0.1) is 0 Å². The fourth-order valence-corrected chi connectivity index (χ4v) is 1.28. The van der Waals surface area contributed by atoms with Gasteiger partial charge in [0.2, 0.25) is 5.91 Å². The minimum atomic E-state index is -1.36. The second-order valence-electron chi connectivity index (χ2n) is 3.82. The molecular formula is C10H17N3O4. The summed E-state index contributed by atoms with van der Waals surface area (Å²) in [6.45, 7) is -1.16. The Balaban J connectivity index is 2.42. The summed E-state index contributed by atoms with van der Waals surface area (Å²) in [6, 6.07) is 1.75. The van der Waals surface area contributed by atoms with E-state index in [1.807, 2.05) is 0 Å². The van der Waals surface area contributed by atoms with Crippen LogP contribution in [0.25, 0.3) is 0 Å². The molecule has 96 valence electrons. The molecule has 0 fully saturated rings. The van der Waals surface area contributed by atoms with Crippen LogP contribution in [0.3, 0.4) is 0 Å². The van der Waals surface area contributed by atoms with Crippen LogP contribution < -0.4 is 5.32 Å². The van der Waals surface area contributed by atoms with Crippen LogP contribution in [-0.4, -0.2) is 56.4 Å². The van der Waals surface area contributed by atoms with Gasteiger partial charge in [0, 0.05) is 25.4 Å². The average Bonchev–Trinajstić information content (AvgIpc) is 2.87. The molecule has 0 radical (unpaired) electrons. The number of rotatable bonds is 7. The fraction of sp³-hybridized carbons (Fsp3) is 0.600. The summed E-state index contributed by atoms with van der Waals surface area (Å²) in [7, 11) is 0. The van der Waals surface area contributed by atoms with Crippen LogP contribution in [0.2, 0.25) is 0 Å². The van der Waals surface area contributed by atoms with Gasteiger partial charge in [-0.1, -0.05) is 0 Å². The first-order chi connectivity index (χ1) is 8.15. The maximum absolute atomic E-state index is 11.5. The Kier molecular flexibility index (Phi) is 5.08. The molecule has 1 aromatic heterocycles. The molecule has 7 heteroatoms. The molecular weight excluding hydrogens is 226 g/mol. The second kappa shape index (κ2) is 6.33. The summed E-state index contributed by atoms with van der Waals surface area (Å²) in [6.07, 6.45) is 3.49. The number of amides is 1. The largest absolute Gasteiger partial charge is 0.394 e. The van der Waals surface area contributed by atoms with Crippen molar-refractivity contribution in [1.29, 1.82) is 0 Å². The summed E-state index contributed by atoms with van der Waals surface area (Å²) < 4.78 is 1.60. The highest BCUT2D eigenvalue weighted by Crippen LogP contribution is 2.02. The zero-order chi connectivity index (χ0) is 12.7. The van der Waals surface area contributed by atoms with Gasteiger partial charge in [-0.25, -0.2) is 0 Å². The highest BCUT2D eigenvalue weighted by molar-refractivity contribution is 5.76. The van der Waals surface area contributed by atoms with Crippen LogP contribution in [-0.2, 0) is 11.3 Å². The zero-order valence-corrected chi connectivity index (χ0v) is 9.41. The highest BCUT2D eigenvalue weighted by Gasteiger charge is 2.29. The van der Waals surface area contributed by atoms with E-state index in [1.54, 1.807) is 23.1 Å². The molecule has 0 atom stereocenters. The minimum absolute atomic E-state index is 0.156. The first-order valence-corrected chi connectivity index (χ1v) is 5.27. The molecule has 0 spiro atoms. The molecule has 17 heavy (non-hydrogen) atoms. The number of aromatic nitrogens is 2. The SMILES string of the molecule is O=C(CCn1cccn1)NC(CO)(CO)CO. The van der Waals surface area contributed by atoms with E-state index >= 15 is 0 Å². The lowest BCUT2D eigenvalue weighted by molar-refractivity contribution is -0.125. The van der Waals surface area contributed by atoms with Crippen LogP contribution in [0.15, 0.2) is 18.5 Å². The molecule has 0 aliphatic rings. The van der Waals surface area contributed by atoms with Gasteiger partial charge in [-0.15, -0.1) is 0 Å². The van der Waals surface area contributed by atoms with E-state index in [0.29, 0.717) is 6.54 Å². The van der Waals surface area contributed by atoms with Gasteiger partial charge in [-0.3, -0.25) is 9.48 Å². The Morgan fingerprint density at radius 2 is 1.94 bits per heavy atom. The predicted molar refractivity (Wildman–Crippen MR) is 59.0 cm³/mol. The Morgan fingerprint density at radius 1 is 1.29 bits per heavy atom. The Hall–Kier alpha value is -1.44. The van der Waals surface area contributed by atoms with Crippen molar-refractivity contribution >= 4 is 5.91 Å². The third kappa shape index (κ3) is 3.81. The molecule has 0 bridgehead atoms. The quantitative estimate of drug-likeness (QED) is 0.447. The van der Waals surface area contributed by atoms with Crippen molar-refractivity contribution in [3.8, 4) is 0 Å². The standard InChI is InChI=1S/C10H17N3O4/c14-6-10(7-15,8-16)12-9(17)2-5-13-4-1-3-11-13/h1,3-4,14-16H,2,5-8H2,(H,12,17). The first kappa shape index (κ1) is 13.6. The van der Waals surface area contributed by atoms with E-state index in [2.05, 4.69) is 10.4 Å². The smallest absolute Gasteiger partial charge is 0.222 e. The lowest BCUT2D eigenvalue weighted by Crippen LogP contribution is -2.57. The molecule has 0 saturated heterocycles. The number of aliphatic hydroxyl groups is 3. The molecule has 1 aromatic rings. The van der Waals surface area contributed by atoms with Gasteiger partial charge >= 0.3 is 0 Å². The number of nitrogens with one attached hydrogen (secondary N) is 1. The minimum Gasteiger partial charge on any atom is -0.394 e. The van der Waals surface area contributed by atoms with E-state index in [1.165, 1.54) is 0 Å². The van der Waals surface area contributed by atoms with Gasteiger partial charge in [-0.05, 0) is 6.07 Å². The van der Waals surface area contributed by atoms with Crippen LogP contribution >= 0.6 is 0 Å². The molecule has 7 nitrogen and oxygen atoms in total. The highest BCUT2D eigenvalue weighted by atomic mass is 16.3. The molecule has 1 heterocycles. The van der Waals surface area contributed by atoms with Crippen molar-refractivity contribution in [2.24, 2.45) is 0 Å². The van der Waals surface area contributed by atoms with Crippen molar-refractivity contribution in [3.63, 3.8) is 0 Å². The van der Waals surface area contributed by atoms with Crippen LogP contribution in [0.1, 0.15) is 6.42 Å². The summed E-state index contributed by atoms with van der Waals surface area (Å²) >= 11 is 0. The zero-order valence-electron chi connectivity index (χ0n) is 9.41. The number of aryl methyl sites for hydroxylation is 1. The molecule has 4 N–H and O–H groups in total. The Morgan fingerprint density at radius 3 is 2.41 bits per heavy atom. The lowest BCUT2D eigenvalue weighted by Gasteiger charge is -2.28. The molecule has 0 aliphatic heterocycles. The van der Waals surface area contributed by atoms with Crippen molar-refractivity contribution in [1.82, 2.24) is 15.1 Å². The van der Waals surface area contributed by atoms with E-state index in [9.17, 15) is 4.79 Å². The number of nitrogens with zero attached hydrogens (tertiary/aromatic N) is 2. The topological polar surface area (TPSA) is 108 Å². The second-order valence-corrected chi connectivity index (χ2v) is 3.82. The molecule has 0 saturated carbocycles. The normalized spacial score (nSPS) is 11.5. The third-order valence-corrected chi connectivity index (χ3v) is 2.44. The van der Waals surface area contributed by atoms with Gasteiger partial charge in [0.15, 0.2) is 0 Å². The summed E-state index contributed by atoms with van der Waals surface area (Å²) in [5, 5.41) is 33.4. The Labute approximate surface area is 98.7 Å². The molecule has 0 aliphatic carbocycles. The summed E-state index contributed by atoms with van der Waals surface area (Å²) in [5.41, 5.74) is -1.36. The number of carbonyl (C=O) groups is 1. The van der Waals surface area contributed by atoms with Gasteiger partial charge in [0.05, 0.1) is 19.8 Å². The van der Waals surface area contributed by atoms with Crippen molar-refractivity contribution in [3.05, 3.63) is 18.5 Å². The van der Waals surface area contributed by atoms with E-state index in [-0.39, 0.29) is 12.3 Å². The summed E-state index contributed by atoms with van der Waals surface area (Å²) in [4.78, 5) is 11.5. The van der Waals surface area contributed by atoms with Gasteiger partial charge in [-0.2, -0.15) is 5.10 Å². The van der Waals surface area contributed by atoms with E-state index in [0.717, 1.165) is 0 Å². The van der Waals surface area contributed by atoms with E-state index < -0.39 is 25.4 Å². The van der Waals surface area contributed by atoms with Gasteiger partial charge in [0.1, 0.15) is 5.54 Å². The lowest BCUT2D eigenvalue weighted by atomic mass is 10.0. The number of carbonyl (C=O) groups excluding carboxylic acids is 1. The van der Waals surface area contributed by atoms with Crippen molar-refractivity contribution in [2.75, 3.05) is 19.8 Å². The van der Waals surface area contributed by atoms with Gasteiger partial charge in [0.25, 0.3) is 0 Å². The predicted octanol–water partition coefficient (Wildman–Crippen LogP) is -1.89. The van der Waals surface area contributed by atoms with Crippen molar-refractivity contribution in [2.45, 2.75) is 18.5 Å². The first-order valence-electron chi connectivity index (χ1n) is 5.27. The molecule has 0 aromatic carbocycles. The monoisotopic (exact) mass is 243 g/mol. The van der Waals surface area contributed by atoms with Gasteiger partial charge < -0.3 is 20.6 Å². The number of hydrogen-bond acceptors (Lipinski definition) is 5. The molecule has 0 unspecified atom stereocenters. The molecule has 1 rings (SSSR count). The third-order valence-electron chi connectivity index (χ3n) is 2.44. The number of aliphatic hydroxyl groups excluding tert-OH is 3. The van der Waals surface area contributed by atoms with Crippen molar-refractivity contribution < 1.29 is 20.1 Å². The number of hydrogen-bond donors (Lipinski definition) is 4. The Bertz CT molecular complexity index is 327. The maximum Gasteiger partial charge on any atom is 0.222 e. The fourth-order valence-electron chi connectivity index (χ4n) is 1.28. The summed E-state index contributed by atoms with van der Waals surface area (Å²) in [5.74, 6) is -0.363. The van der Waals surface area contributed by atoms with E-state index in [4.69, 9.17) is 15.3 Å². The molecule has 1 amide bonds. The van der Waals surface area contributed by atoms with Crippen LogP contribution in [0.5, 0.6) is 0 Å². The average molecular weight is 243 g/mol. The maximum atomic E-state index is 11.5. The van der Waals surface area contributed by atoms with Crippen LogP contribution in [0.4, 0.5) is 0 Å².